The summed E-state index contributed by atoms with van der Waals surface area (Å²) < 4.78 is 0. The third kappa shape index (κ3) is 2.28. The van der Waals surface area contributed by atoms with Gasteiger partial charge in [0.2, 0.25) is 0 Å². The molecule has 0 unspecified atom stereocenters. The molecule has 0 saturated heterocycles. The first-order chi connectivity index (χ1) is 9.28. The molecule has 3 nitrogen and oxygen atoms in total. The Morgan fingerprint density at radius 1 is 1.21 bits per heavy atom. The van der Waals surface area contributed by atoms with Crippen LogP contribution in [0.25, 0.3) is 0 Å². The Kier molecular flexibility index (Phi) is 3.11. The maximum Gasteiger partial charge on any atom is 0.135 e. The van der Waals surface area contributed by atoms with Gasteiger partial charge in [0.05, 0.1) is 0 Å². The molecule has 0 saturated carbocycles. The average Bonchev–Trinajstić information content (AvgIpc) is 2.46. The number of hydrogen-bond donors (Lipinski definition) is 1. The number of benzene rings is 1. The number of nitrogens with one attached hydrogen (secondary N) is 1. The molecular formula is C16H19N3. The summed E-state index contributed by atoms with van der Waals surface area (Å²) in [5.41, 5.74) is 4.07. The van der Waals surface area contributed by atoms with Crippen LogP contribution in [0.2, 0.25) is 0 Å². The van der Waals surface area contributed by atoms with Crippen LogP contribution >= 0.6 is 0 Å². The topological polar surface area (TPSA) is 28.2 Å². The summed E-state index contributed by atoms with van der Waals surface area (Å²) in [6, 6.07) is 12.8. The first kappa shape index (κ1) is 12.0. The fourth-order valence-corrected chi connectivity index (χ4v) is 2.68. The Hall–Kier alpha value is -2.03. The molecule has 19 heavy (non-hydrogen) atoms. The van der Waals surface area contributed by atoms with Gasteiger partial charge >= 0.3 is 0 Å². The molecule has 3 rings (SSSR count). The summed E-state index contributed by atoms with van der Waals surface area (Å²) in [6.45, 7) is 3.19. The van der Waals surface area contributed by atoms with E-state index in [-0.39, 0.29) is 0 Å². The lowest BCUT2D eigenvalue weighted by molar-refractivity contribution is 0.759. The zero-order valence-electron chi connectivity index (χ0n) is 11.5. The van der Waals surface area contributed by atoms with Crippen molar-refractivity contribution in [1.29, 1.82) is 0 Å². The summed E-state index contributed by atoms with van der Waals surface area (Å²) in [7, 11) is 1.90. The number of pyridine rings is 1. The van der Waals surface area contributed by atoms with E-state index in [1.807, 2.05) is 13.1 Å². The number of aryl methyl sites for hydroxylation is 2. The van der Waals surface area contributed by atoms with Gasteiger partial charge in [0.25, 0.3) is 0 Å². The van der Waals surface area contributed by atoms with Crippen molar-refractivity contribution in [2.45, 2.75) is 19.8 Å². The van der Waals surface area contributed by atoms with Gasteiger partial charge < -0.3 is 10.2 Å². The number of fused-ring (bicyclic) bond motifs is 1. The minimum absolute atomic E-state index is 0.914. The van der Waals surface area contributed by atoms with Crippen LogP contribution in [0.4, 0.5) is 17.3 Å². The third-order valence-electron chi connectivity index (χ3n) is 3.62. The first-order valence-electron chi connectivity index (χ1n) is 6.80. The van der Waals surface area contributed by atoms with Crippen molar-refractivity contribution < 1.29 is 0 Å². The van der Waals surface area contributed by atoms with E-state index in [4.69, 9.17) is 0 Å². The van der Waals surface area contributed by atoms with E-state index >= 15 is 0 Å². The maximum absolute atomic E-state index is 4.65. The van der Waals surface area contributed by atoms with Gasteiger partial charge in [0, 0.05) is 19.3 Å². The smallest absolute Gasteiger partial charge is 0.135 e. The molecule has 0 radical (unpaired) electrons. The monoisotopic (exact) mass is 253 g/mol. The third-order valence-corrected chi connectivity index (χ3v) is 3.62. The zero-order valence-corrected chi connectivity index (χ0v) is 11.5. The lowest BCUT2D eigenvalue weighted by Gasteiger charge is -2.30. The van der Waals surface area contributed by atoms with Crippen LogP contribution < -0.4 is 10.2 Å². The normalized spacial score (nSPS) is 14.1. The van der Waals surface area contributed by atoms with Gasteiger partial charge in [-0.15, -0.1) is 0 Å². The van der Waals surface area contributed by atoms with E-state index in [1.54, 1.807) is 0 Å². The number of aromatic nitrogens is 1. The summed E-state index contributed by atoms with van der Waals surface area (Å²) >= 11 is 0. The minimum atomic E-state index is 0.914. The number of anilines is 3. The van der Waals surface area contributed by atoms with Crippen molar-refractivity contribution in [1.82, 2.24) is 4.98 Å². The molecule has 1 aromatic heterocycles. The predicted octanol–water partition coefficient (Wildman–Crippen LogP) is 3.52. The highest BCUT2D eigenvalue weighted by Gasteiger charge is 2.19. The Bertz CT molecular complexity index is 592. The lowest BCUT2D eigenvalue weighted by Crippen LogP contribution is -2.25. The van der Waals surface area contributed by atoms with Crippen molar-refractivity contribution in [3.05, 3.63) is 47.5 Å². The molecule has 0 aliphatic carbocycles. The fourth-order valence-electron chi connectivity index (χ4n) is 2.68. The van der Waals surface area contributed by atoms with Crippen molar-refractivity contribution in [3.63, 3.8) is 0 Å². The second-order valence-corrected chi connectivity index (χ2v) is 5.02. The van der Waals surface area contributed by atoms with Gasteiger partial charge in [-0.05, 0) is 43.5 Å². The molecule has 3 heteroatoms. The summed E-state index contributed by atoms with van der Waals surface area (Å²) in [6.07, 6.45) is 2.35. The lowest BCUT2D eigenvalue weighted by atomic mass is 9.99. The molecule has 0 atom stereocenters. The molecule has 2 aromatic rings. The summed E-state index contributed by atoms with van der Waals surface area (Å²) in [5, 5.41) is 3.10. The highest BCUT2D eigenvalue weighted by atomic mass is 15.2. The number of rotatable bonds is 2. The van der Waals surface area contributed by atoms with Crippen LogP contribution in [0, 0.1) is 6.92 Å². The van der Waals surface area contributed by atoms with Gasteiger partial charge in [-0.2, -0.15) is 0 Å². The molecule has 1 aliphatic rings. The van der Waals surface area contributed by atoms with E-state index in [1.165, 1.54) is 29.7 Å². The predicted molar refractivity (Wildman–Crippen MR) is 80.3 cm³/mol. The van der Waals surface area contributed by atoms with Crippen molar-refractivity contribution in [3.8, 4) is 0 Å². The second-order valence-electron chi connectivity index (χ2n) is 5.02. The second kappa shape index (κ2) is 4.92. The summed E-state index contributed by atoms with van der Waals surface area (Å²) in [4.78, 5) is 6.97. The standard InChI is InChI=1S/C16H19N3/c1-12-8-9-14-13(11-12)5-4-10-19(14)16-7-3-6-15(17-2)18-16/h3,6-9,11H,4-5,10H2,1-2H3,(H,17,18). The molecule has 0 spiro atoms. The SMILES string of the molecule is CNc1cccc(N2CCCc3cc(C)ccc32)n1. The highest BCUT2D eigenvalue weighted by Crippen LogP contribution is 2.33. The van der Waals surface area contributed by atoms with Crippen LogP contribution in [-0.2, 0) is 6.42 Å². The molecule has 1 aliphatic heterocycles. The highest BCUT2D eigenvalue weighted by molar-refractivity contribution is 5.66. The van der Waals surface area contributed by atoms with Gasteiger partial charge in [-0.3, -0.25) is 0 Å². The molecule has 2 heterocycles. The Balaban J connectivity index is 2.03. The molecule has 98 valence electrons. The van der Waals surface area contributed by atoms with Gasteiger partial charge in [-0.1, -0.05) is 23.8 Å². The van der Waals surface area contributed by atoms with Gasteiger partial charge in [-0.25, -0.2) is 4.98 Å². The number of hydrogen-bond acceptors (Lipinski definition) is 3. The van der Waals surface area contributed by atoms with Crippen LogP contribution in [0.1, 0.15) is 17.5 Å². The van der Waals surface area contributed by atoms with Crippen LogP contribution in [-0.4, -0.2) is 18.6 Å². The van der Waals surface area contributed by atoms with Gasteiger partial charge in [0.15, 0.2) is 0 Å². The van der Waals surface area contributed by atoms with E-state index in [0.717, 1.165) is 18.2 Å². The van der Waals surface area contributed by atoms with Crippen LogP contribution in [0.5, 0.6) is 0 Å². The molecule has 0 amide bonds. The van der Waals surface area contributed by atoms with Gasteiger partial charge in [0.1, 0.15) is 11.6 Å². The Morgan fingerprint density at radius 3 is 2.95 bits per heavy atom. The maximum atomic E-state index is 4.65. The summed E-state index contributed by atoms with van der Waals surface area (Å²) in [5.74, 6) is 1.94. The molecule has 0 fully saturated rings. The molecule has 0 bridgehead atoms. The Labute approximate surface area is 114 Å². The minimum Gasteiger partial charge on any atom is -0.373 e. The van der Waals surface area contributed by atoms with E-state index in [2.05, 4.69) is 52.5 Å². The van der Waals surface area contributed by atoms with Crippen molar-refractivity contribution in [2.24, 2.45) is 0 Å². The van der Waals surface area contributed by atoms with Crippen LogP contribution in [0.15, 0.2) is 36.4 Å². The Morgan fingerprint density at radius 2 is 2.11 bits per heavy atom. The van der Waals surface area contributed by atoms with Crippen molar-refractivity contribution >= 4 is 17.3 Å². The van der Waals surface area contributed by atoms with E-state index in [0.29, 0.717) is 0 Å². The fraction of sp³-hybridized carbons (Fsp3) is 0.312. The van der Waals surface area contributed by atoms with Crippen LogP contribution in [0.3, 0.4) is 0 Å². The zero-order chi connectivity index (χ0) is 13.2. The average molecular weight is 253 g/mol. The van der Waals surface area contributed by atoms with E-state index in [9.17, 15) is 0 Å². The van der Waals surface area contributed by atoms with Crippen molar-refractivity contribution in [2.75, 3.05) is 23.8 Å². The number of nitrogens with zero attached hydrogens (tertiary/aromatic N) is 2. The quantitative estimate of drug-likeness (QED) is 0.887. The van der Waals surface area contributed by atoms with E-state index < -0.39 is 0 Å². The molecule has 1 N–H and O–H groups in total. The first-order valence-corrected chi connectivity index (χ1v) is 6.80. The largest absolute Gasteiger partial charge is 0.373 e. The molecule has 1 aromatic carbocycles. The molecular weight excluding hydrogens is 234 g/mol.